The molecule has 0 aliphatic rings. The molecule has 0 aliphatic carbocycles. The van der Waals surface area contributed by atoms with Crippen LogP contribution in [0, 0.1) is 10.1 Å². The number of rotatable bonds is 3. The summed E-state index contributed by atoms with van der Waals surface area (Å²) < 4.78 is 0. The molecule has 0 atom stereocenters. The maximum absolute atomic E-state index is 11.4. The van der Waals surface area contributed by atoms with Gasteiger partial charge in [-0.2, -0.15) is 0 Å². The molecule has 7 nitrogen and oxygen atoms in total. The lowest BCUT2D eigenvalue weighted by atomic mass is 10.1. The molecule has 1 aromatic heterocycles. The van der Waals surface area contributed by atoms with Gasteiger partial charge in [-0.1, -0.05) is 0 Å². The maximum atomic E-state index is 11.4. The zero-order chi connectivity index (χ0) is 11.6. The third kappa shape index (κ3) is 2.96. The molecule has 1 aromatic rings. The number of nitrogens with zero attached hydrogens (tertiary/aromatic N) is 2. The van der Waals surface area contributed by atoms with Gasteiger partial charge < -0.3 is 11.1 Å². The maximum Gasteiger partial charge on any atom is 0.345 e. The highest BCUT2D eigenvalue weighted by molar-refractivity contribution is 7.18. The van der Waals surface area contributed by atoms with Gasteiger partial charge in [0.15, 0.2) is 5.13 Å². The van der Waals surface area contributed by atoms with E-state index >= 15 is 0 Å². The van der Waals surface area contributed by atoms with Crippen LogP contribution in [0.5, 0.6) is 0 Å². The van der Waals surface area contributed by atoms with Crippen molar-refractivity contribution in [1.82, 2.24) is 4.98 Å². The van der Waals surface area contributed by atoms with Gasteiger partial charge >= 0.3 is 5.00 Å². The van der Waals surface area contributed by atoms with Crippen LogP contribution in [0.25, 0.3) is 0 Å². The molecule has 0 spiro atoms. The predicted molar refractivity (Wildman–Crippen MR) is 55.7 cm³/mol. The molecule has 0 aromatic carbocycles. The van der Waals surface area contributed by atoms with E-state index in [0.29, 0.717) is 0 Å². The van der Waals surface area contributed by atoms with Crippen LogP contribution in [-0.4, -0.2) is 21.4 Å². The number of hydrogen-bond donors (Lipinski definition) is 2. The van der Waals surface area contributed by atoms with Crippen LogP contribution in [0.1, 0.15) is 13.8 Å². The van der Waals surface area contributed by atoms with E-state index in [4.69, 9.17) is 5.73 Å². The molecule has 15 heavy (non-hydrogen) atoms. The average Bonchev–Trinajstić information content (AvgIpc) is 2.50. The van der Waals surface area contributed by atoms with Crippen molar-refractivity contribution in [3.8, 4) is 0 Å². The Morgan fingerprint density at radius 3 is 2.73 bits per heavy atom. The molecule has 0 unspecified atom stereocenters. The number of carbonyl (C=O) groups is 1. The zero-order valence-electron chi connectivity index (χ0n) is 8.18. The van der Waals surface area contributed by atoms with Gasteiger partial charge in [0, 0.05) is 0 Å². The standard InChI is InChI=1S/C7H10N4O3S/c1-7(2,8)5(12)10-6-9-3-4(15-6)11(13)14/h3H,8H2,1-2H3,(H,9,10,12). The lowest BCUT2D eigenvalue weighted by Crippen LogP contribution is -2.45. The second-order valence-electron chi connectivity index (χ2n) is 3.44. The smallest absolute Gasteiger partial charge is 0.318 e. The first-order chi connectivity index (χ1) is 6.80. The molecular formula is C7H10N4O3S. The lowest BCUT2D eigenvalue weighted by Gasteiger charge is -2.15. The zero-order valence-corrected chi connectivity index (χ0v) is 9.00. The molecule has 1 amide bonds. The SMILES string of the molecule is CC(C)(N)C(=O)Nc1ncc([N+](=O)[O-])s1. The summed E-state index contributed by atoms with van der Waals surface area (Å²) in [4.78, 5) is 24.8. The van der Waals surface area contributed by atoms with Crippen LogP contribution in [-0.2, 0) is 4.79 Å². The van der Waals surface area contributed by atoms with E-state index < -0.39 is 16.4 Å². The molecule has 0 fully saturated rings. The second-order valence-corrected chi connectivity index (χ2v) is 4.45. The number of anilines is 1. The Kier molecular flexibility index (Phi) is 3.01. The van der Waals surface area contributed by atoms with E-state index in [2.05, 4.69) is 10.3 Å². The summed E-state index contributed by atoms with van der Waals surface area (Å²) >= 11 is 0.788. The van der Waals surface area contributed by atoms with Crippen LogP contribution in [0.4, 0.5) is 10.1 Å². The van der Waals surface area contributed by atoms with Gasteiger partial charge in [-0.15, -0.1) is 0 Å². The number of nitrogens with two attached hydrogens (primary N) is 1. The number of aromatic nitrogens is 1. The molecule has 3 N–H and O–H groups in total. The number of hydrogen-bond acceptors (Lipinski definition) is 6. The van der Waals surface area contributed by atoms with Crippen molar-refractivity contribution < 1.29 is 9.72 Å². The van der Waals surface area contributed by atoms with Gasteiger partial charge in [0.25, 0.3) is 0 Å². The van der Waals surface area contributed by atoms with Crippen molar-refractivity contribution in [2.24, 2.45) is 5.73 Å². The van der Waals surface area contributed by atoms with Crippen molar-refractivity contribution in [3.63, 3.8) is 0 Å². The molecule has 0 aliphatic heterocycles. The van der Waals surface area contributed by atoms with Gasteiger partial charge in [-0.3, -0.25) is 14.9 Å². The van der Waals surface area contributed by atoms with E-state index in [9.17, 15) is 14.9 Å². The monoisotopic (exact) mass is 230 g/mol. The Hall–Kier alpha value is -1.54. The quantitative estimate of drug-likeness (QED) is 0.587. The van der Waals surface area contributed by atoms with Crippen molar-refractivity contribution >= 4 is 27.4 Å². The Labute approximate surface area is 89.5 Å². The van der Waals surface area contributed by atoms with Crippen LogP contribution in [0.3, 0.4) is 0 Å². The highest BCUT2D eigenvalue weighted by Gasteiger charge is 2.23. The summed E-state index contributed by atoms with van der Waals surface area (Å²) in [5, 5.41) is 12.8. The second kappa shape index (κ2) is 3.91. The molecule has 1 rings (SSSR count). The molecular weight excluding hydrogens is 220 g/mol. The summed E-state index contributed by atoms with van der Waals surface area (Å²) in [6.45, 7) is 3.06. The predicted octanol–water partition coefficient (Wildman–Crippen LogP) is 0.727. The molecule has 0 saturated carbocycles. The van der Waals surface area contributed by atoms with Crippen molar-refractivity contribution in [2.75, 3.05) is 5.32 Å². The highest BCUT2D eigenvalue weighted by atomic mass is 32.1. The molecule has 0 saturated heterocycles. The van der Waals surface area contributed by atoms with E-state index in [1.165, 1.54) is 13.8 Å². The van der Waals surface area contributed by atoms with Gasteiger partial charge in [-0.25, -0.2) is 4.98 Å². The number of nitrogens with one attached hydrogen (secondary N) is 1. The molecule has 1 heterocycles. The fourth-order valence-corrected chi connectivity index (χ4v) is 1.29. The summed E-state index contributed by atoms with van der Waals surface area (Å²) in [5.41, 5.74) is 4.48. The third-order valence-electron chi connectivity index (χ3n) is 1.48. The fraction of sp³-hybridized carbons (Fsp3) is 0.429. The summed E-state index contributed by atoms with van der Waals surface area (Å²) in [5.74, 6) is -0.438. The Bertz CT molecular complexity index is 395. The summed E-state index contributed by atoms with van der Waals surface area (Å²) in [6, 6.07) is 0. The van der Waals surface area contributed by atoms with Gasteiger partial charge in [0.05, 0.1) is 10.5 Å². The van der Waals surface area contributed by atoms with Crippen molar-refractivity contribution in [2.45, 2.75) is 19.4 Å². The fourth-order valence-electron chi connectivity index (χ4n) is 0.666. The van der Waals surface area contributed by atoms with Crippen LogP contribution in [0.15, 0.2) is 6.20 Å². The van der Waals surface area contributed by atoms with Crippen LogP contribution in [0.2, 0.25) is 0 Å². The normalized spacial score (nSPS) is 11.1. The first kappa shape index (κ1) is 11.5. The van der Waals surface area contributed by atoms with Gasteiger partial charge in [-0.05, 0) is 25.2 Å². The minimum atomic E-state index is -1.04. The topological polar surface area (TPSA) is 111 Å². The number of carbonyl (C=O) groups excluding carboxylic acids is 1. The van der Waals surface area contributed by atoms with Crippen LogP contribution < -0.4 is 11.1 Å². The summed E-state index contributed by atoms with van der Waals surface area (Å²) in [6.07, 6.45) is 1.09. The number of amides is 1. The van der Waals surface area contributed by atoms with E-state index in [1.54, 1.807) is 0 Å². The Balaban J connectivity index is 2.74. The minimum Gasteiger partial charge on any atom is -0.318 e. The molecule has 0 radical (unpaired) electrons. The van der Waals surface area contributed by atoms with Crippen molar-refractivity contribution in [3.05, 3.63) is 16.3 Å². The highest BCUT2D eigenvalue weighted by Crippen LogP contribution is 2.25. The molecule has 8 heteroatoms. The lowest BCUT2D eigenvalue weighted by molar-refractivity contribution is -0.380. The molecule has 0 bridgehead atoms. The van der Waals surface area contributed by atoms with E-state index in [1.807, 2.05) is 0 Å². The Morgan fingerprint density at radius 1 is 1.73 bits per heavy atom. The van der Waals surface area contributed by atoms with Crippen LogP contribution >= 0.6 is 11.3 Å². The Morgan fingerprint density at radius 2 is 2.33 bits per heavy atom. The first-order valence-corrected chi connectivity index (χ1v) is 4.83. The number of nitro groups is 1. The van der Waals surface area contributed by atoms with Gasteiger partial charge in [0.1, 0.15) is 6.20 Å². The average molecular weight is 230 g/mol. The number of thiazole rings is 1. The molecule has 82 valence electrons. The van der Waals surface area contributed by atoms with Crippen molar-refractivity contribution in [1.29, 1.82) is 0 Å². The van der Waals surface area contributed by atoms with E-state index in [0.717, 1.165) is 17.5 Å². The minimum absolute atomic E-state index is 0.125. The first-order valence-electron chi connectivity index (χ1n) is 4.01. The van der Waals surface area contributed by atoms with E-state index in [-0.39, 0.29) is 10.1 Å². The third-order valence-corrected chi connectivity index (χ3v) is 2.34. The summed E-state index contributed by atoms with van der Waals surface area (Å²) in [7, 11) is 0. The largest absolute Gasteiger partial charge is 0.345 e. The van der Waals surface area contributed by atoms with Gasteiger partial charge in [0.2, 0.25) is 5.91 Å².